The van der Waals surface area contributed by atoms with Gasteiger partial charge in [0.05, 0.1) is 5.69 Å². The summed E-state index contributed by atoms with van der Waals surface area (Å²) in [4.78, 5) is 12.2. The lowest BCUT2D eigenvalue weighted by Crippen LogP contribution is -2.15. The second kappa shape index (κ2) is 7.61. The molecule has 0 heterocycles. The highest BCUT2D eigenvalue weighted by molar-refractivity contribution is 9.10. The highest BCUT2D eigenvalue weighted by Gasteiger charge is 2.10. The van der Waals surface area contributed by atoms with Gasteiger partial charge in [-0.25, -0.2) is 0 Å². The van der Waals surface area contributed by atoms with Crippen molar-refractivity contribution in [2.75, 3.05) is 10.6 Å². The minimum Gasteiger partial charge on any atom is -0.359 e. The van der Waals surface area contributed by atoms with Gasteiger partial charge in [0.15, 0.2) is 0 Å². The Hall–Kier alpha value is -2.58. The number of aryl methyl sites for hydroxylation is 2. The Morgan fingerprint density at radius 3 is 2.57 bits per heavy atom. The molecule has 0 saturated heterocycles. The van der Waals surface area contributed by atoms with Gasteiger partial charge in [-0.05, 0) is 59.1 Å². The van der Waals surface area contributed by atoms with E-state index in [1.807, 2.05) is 56.3 Å². The van der Waals surface area contributed by atoms with Gasteiger partial charge in [-0.1, -0.05) is 24.3 Å². The maximum Gasteiger partial charge on any atom is 0.267 e. The van der Waals surface area contributed by atoms with Gasteiger partial charge < -0.3 is 10.6 Å². The Bertz CT molecular complexity index is 806. The zero-order valence-corrected chi connectivity index (χ0v) is 14.4. The fraction of sp³-hybridized carbons (Fsp3) is 0.111. The van der Waals surface area contributed by atoms with Crippen molar-refractivity contribution in [3.8, 4) is 6.07 Å². The molecule has 0 atom stereocenters. The molecular formula is C18H16BrN3O. The van der Waals surface area contributed by atoms with Crippen molar-refractivity contribution < 1.29 is 4.79 Å². The third-order valence-electron chi connectivity index (χ3n) is 3.25. The van der Waals surface area contributed by atoms with Gasteiger partial charge in [0.2, 0.25) is 0 Å². The van der Waals surface area contributed by atoms with Crippen molar-refractivity contribution in [2.45, 2.75) is 13.8 Å². The molecule has 0 aromatic heterocycles. The smallest absolute Gasteiger partial charge is 0.267 e. The number of carbonyl (C=O) groups is 1. The average Bonchev–Trinajstić information content (AvgIpc) is 2.52. The van der Waals surface area contributed by atoms with Crippen molar-refractivity contribution in [2.24, 2.45) is 0 Å². The summed E-state index contributed by atoms with van der Waals surface area (Å²) in [6.45, 7) is 3.88. The van der Waals surface area contributed by atoms with E-state index in [1.165, 1.54) is 6.20 Å². The molecule has 0 spiro atoms. The highest BCUT2D eigenvalue weighted by Crippen LogP contribution is 2.23. The van der Waals surface area contributed by atoms with E-state index in [0.717, 1.165) is 21.3 Å². The third kappa shape index (κ3) is 4.44. The summed E-state index contributed by atoms with van der Waals surface area (Å²) in [5, 5.41) is 14.9. The zero-order valence-electron chi connectivity index (χ0n) is 12.9. The van der Waals surface area contributed by atoms with E-state index in [1.54, 1.807) is 6.07 Å². The molecule has 0 unspecified atom stereocenters. The number of para-hydroxylation sites is 1. The van der Waals surface area contributed by atoms with E-state index in [-0.39, 0.29) is 5.57 Å². The first-order valence-electron chi connectivity index (χ1n) is 7.01. The lowest BCUT2D eigenvalue weighted by Gasteiger charge is -2.08. The zero-order chi connectivity index (χ0) is 16.8. The van der Waals surface area contributed by atoms with Gasteiger partial charge in [-0.2, -0.15) is 5.26 Å². The molecule has 0 aliphatic heterocycles. The molecule has 2 N–H and O–H groups in total. The summed E-state index contributed by atoms with van der Waals surface area (Å²) < 4.78 is 0.866. The fourth-order valence-electron chi connectivity index (χ4n) is 1.94. The Morgan fingerprint density at radius 1 is 1.17 bits per heavy atom. The molecule has 4 nitrogen and oxygen atoms in total. The molecule has 23 heavy (non-hydrogen) atoms. The Balaban J connectivity index is 2.14. The second-order valence-electron chi connectivity index (χ2n) is 5.07. The summed E-state index contributed by atoms with van der Waals surface area (Å²) in [6, 6.07) is 15.1. The standard InChI is InChI=1S/C18H16BrN3O/c1-12-7-8-17(15(19)9-12)21-11-14(10-20)18(23)22-16-6-4-3-5-13(16)2/h3-9,11,21H,1-2H3,(H,22,23)/b14-11-. The number of nitriles is 1. The lowest BCUT2D eigenvalue weighted by molar-refractivity contribution is -0.112. The summed E-state index contributed by atoms with van der Waals surface area (Å²) >= 11 is 3.44. The molecule has 5 heteroatoms. The van der Waals surface area contributed by atoms with Crippen molar-refractivity contribution in [1.29, 1.82) is 5.26 Å². The van der Waals surface area contributed by atoms with Gasteiger partial charge in [0.1, 0.15) is 11.6 Å². The first-order valence-corrected chi connectivity index (χ1v) is 7.80. The molecule has 0 radical (unpaired) electrons. The number of rotatable bonds is 4. The molecule has 0 fully saturated rings. The third-order valence-corrected chi connectivity index (χ3v) is 3.91. The molecular weight excluding hydrogens is 354 g/mol. The van der Waals surface area contributed by atoms with Gasteiger partial charge in [-0.15, -0.1) is 0 Å². The Labute approximate surface area is 144 Å². The minimum absolute atomic E-state index is 0.000674. The average molecular weight is 370 g/mol. The Kier molecular flexibility index (Phi) is 5.56. The first kappa shape index (κ1) is 16.8. The van der Waals surface area contributed by atoms with Crippen molar-refractivity contribution in [3.63, 3.8) is 0 Å². The highest BCUT2D eigenvalue weighted by atomic mass is 79.9. The molecule has 0 aliphatic carbocycles. The number of hydrogen-bond acceptors (Lipinski definition) is 3. The number of amides is 1. The normalized spacial score (nSPS) is 10.8. The van der Waals surface area contributed by atoms with Crippen LogP contribution in [0.25, 0.3) is 0 Å². The summed E-state index contributed by atoms with van der Waals surface area (Å²) in [5.41, 5.74) is 3.53. The first-order chi connectivity index (χ1) is 11.0. The van der Waals surface area contributed by atoms with Crippen LogP contribution in [0.1, 0.15) is 11.1 Å². The van der Waals surface area contributed by atoms with Crippen molar-refractivity contribution in [1.82, 2.24) is 0 Å². The van der Waals surface area contributed by atoms with E-state index < -0.39 is 5.91 Å². The predicted octanol–water partition coefficient (Wildman–Crippen LogP) is 4.52. The molecule has 2 aromatic rings. The van der Waals surface area contributed by atoms with E-state index in [0.29, 0.717) is 5.69 Å². The van der Waals surface area contributed by atoms with Gasteiger partial charge >= 0.3 is 0 Å². The van der Waals surface area contributed by atoms with Crippen LogP contribution < -0.4 is 10.6 Å². The monoisotopic (exact) mass is 369 g/mol. The number of hydrogen-bond donors (Lipinski definition) is 2. The fourth-order valence-corrected chi connectivity index (χ4v) is 2.55. The number of benzene rings is 2. The minimum atomic E-state index is -0.447. The van der Waals surface area contributed by atoms with Crippen molar-refractivity contribution >= 4 is 33.2 Å². The van der Waals surface area contributed by atoms with E-state index in [2.05, 4.69) is 26.6 Å². The maximum atomic E-state index is 12.2. The lowest BCUT2D eigenvalue weighted by atomic mass is 10.2. The molecule has 0 saturated carbocycles. The van der Waals surface area contributed by atoms with Crippen LogP contribution in [0.3, 0.4) is 0 Å². The molecule has 2 rings (SSSR count). The number of anilines is 2. The van der Waals surface area contributed by atoms with Gasteiger partial charge in [-0.3, -0.25) is 4.79 Å². The predicted molar refractivity (Wildman–Crippen MR) is 96.0 cm³/mol. The number of carbonyl (C=O) groups excluding carboxylic acids is 1. The second-order valence-corrected chi connectivity index (χ2v) is 5.92. The van der Waals surface area contributed by atoms with Crippen LogP contribution in [0.2, 0.25) is 0 Å². The van der Waals surface area contributed by atoms with Crippen LogP contribution in [-0.4, -0.2) is 5.91 Å². The quantitative estimate of drug-likeness (QED) is 0.614. The van der Waals surface area contributed by atoms with Crippen LogP contribution >= 0.6 is 15.9 Å². The molecule has 1 amide bonds. The summed E-state index contributed by atoms with van der Waals surface area (Å²) in [5.74, 6) is -0.447. The van der Waals surface area contributed by atoms with Crippen LogP contribution in [-0.2, 0) is 4.79 Å². The maximum absolute atomic E-state index is 12.2. The topological polar surface area (TPSA) is 64.9 Å². The van der Waals surface area contributed by atoms with E-state index >= 15 is 0 Å². The largest absolute Gasteiger partial charge is 0.359 e. The number of nitrogens with one attached hydrogen (secondary N) is 2. The van der Waals surface area contributed by atoms with Crippen LogP contribution in [0.5, 0.6) is 0 Å². The SMILES string of the molecule is Cc1ccc(N/C=C(/C#N)C(=O)Nc2ccccc2C)c(Br)c1. The molecule has 0 aliphatic rings. The Morgan fingerprint density at radius 2 is 1.91 bits per heavy atom. The molecule has 0 bridgehead atoms. The van der Waals surface area contributed by atoms with Crippen molar-refractivity contribution in [3.05, 3.63) is 69.8 Å². The van der Waals surface area contributed by atoms with E-state index in [4.69, 9.17) is 0 Å². The number of nitrogens with zero attached hydrogens (tertiary/aromatic N) is 1. The van der Waals surface area contributed by atoms with Crippen LogP contribution in [0, 0.1) is 25.2 Å². The molecule has 2 aromatic carbocycles. The summed E-state index contributed by atoms with van der Waals surface area (Å²) in [7, 11) is 0. The summed E-state index contributed by atoms with van der Waals surface area (Å²) in [6.07, 6.45) is 1.41. The van der Waals surface area contributed by atoms with Crippen LogP contribution in [0.4, 0.5) is 11.4 Å². The number of halogens is 1. The van der Waals surface area contributed by atoms with Gasteiger partial charge in [0, 0.05) is 16.4 Å². The molecule has 116 valence electrons. The van der Waals surface area contributed by atoms with Gasteiger partial charge in [0.25, 0.3) is 5.91 Å². The van der Waals surface area contributed by atoms with E-state index in [9.17, 15) is 10.1 Å². The van der Waals surface area contributed by atoms with Crippen LogP contribution in [0.15, 0.2) is 58.7 Å².